The third-order valence-electron chi connectivity index (χ3n) is 4.46. The van der Waals surface area contributed by atoms with Crippen LogP contribution in [0.1, 0.15) is 35.0 Å². The highest BCUT2D eigenvalue weighted by Gasteiger charge is 2.23. The number of fused-ring (bicyclic) bond motifs is 3. The molecule has 21 heavy (non-hydrogen) atoms. The summed E-state index contributed by atoms with van der Waals surface area (Å²) in [5.74, 6) is 0. The predicted octanol–water partition coefficient (Wildman–Crippen LogP) is 4.44. The highest BCUT2D eigenvalue weighted by molar-refractivity contribution is 7.09. The number of thiophene rings is 1. The Kier molecular flexibility index (Phi) is 3.53. The first-order chi connectivity index (χ1) is 10.4. The van der Waals surface area contributed by atoms with Gasteiger partial charge in [-0.25, -0.2) is 0 Å². The molecular formula is C18H20N2S. The molecule has 0 radical (unpaired) electrons. The van der Waals surface area contributed by atoms with E-state index in [4.69, 9.17) is 0 Å². The standard InChI is InChI=1S/C18H20N2S/c1-2-8-16-14(6-1)15-7-3-9-17(18(15)20-16)19-11-10-13-5-4-12-21-13/h1-2,4-6,8,12,17,19-20H,3,7,9-11H2. The van der Waals surface area contributed by atoms with E-state index in [1.165, 1.54) is 46.3 Å². The van der Waals surface area contributed by atoms with Crippen molar-refractivity contribution in [1.29, 1.82) is 0 Å². The quantitative estimate of drug-likeness (QED) is 0.732. The third-order valence-corrected chi connectivity index (χ3v) is 5.39. The van der Waals surface area contributed by atoms with Gasteiger partial charge in [0.25, 0.3) is 0 Å². The first kappa shape index (κ1) is 13.1. The summed E-state index contributed by atoms with van der Waals surface area (Å²) >= 11 is 1.85. The number of aromatic amines is 1. The lowest BCUT2D eigenvalue weighted by molar-refractivity contribution is 0.457. The van der Waals surface area contributed by atoms with E-state index in [2.05, 4.69) is 52.1 Å². The predicted molar refractivity (Wildman–Crippen MR) is 90.0 cm³/mol. The van der Waals surface area contributed by atoms with Crippen LogP contribution in [0.5, 0.6) is 0 Å². The van der Waals surface area contributed by atoms with Gasteiger partial charge in [-0.15, -0.1) is 11.3 Å². The fourth-order valence-corrected chi connectivity index (χ4v) is 4.15. The van der Waals surface area contributed by atoms with Crippen molar-refractivity contribution in [1.82, 2.24) is 10.3 Å². The SMILES string of the molecule is c1csc(CCNC2CCCc3c2[nH]c2ccccc32)c1. The molecule has 0 aliphatic heterocycles. The van der Waals surface area contributed by atoms with Gasteiger partial charge in [0.2, 0.25) is 0 Å². The molecule has 1 aliphatic carbocycles. The molecule has 0 fully saturated rings. The van der Waals surface area contributed by atoms with Crippen LogP contribution in [0.3, 0.4) is 0 Å². The maximum Gasteiger partial charge on any atom is 0.0476 e. The summed E-state index contributed by atoms with van der Waals surface area (Å²) in [7, 11) is 0. The van der Waals surface area contributed by atoms with Crippen LogP contribution in [0.15, 0.2) is 41.8 Å². The third kappa shape index (κ3) is 2.52. The lowest BCUT2D eigenvalue weighted by atomic mass is 9.91. The average Bonchev–Trinajstić information content (AvgIpc) is 3.15. The van der Waals surface area contributed by atoms with Gasteiger partial charge in [0.05, 0.1) is 0 Å². The van der Waals surface area contributed by atoms with E-state index in [0.29, 0.717) is 6.04 Å². The molecule has 0 bridgehead atoms. The molecule has 2 N–H and O–H groups in total. The monoisotopic (exact) mass is 296 g/mol. The zero-order valence-electron chi connectivity index (χ0n) is 12.1. The Balaban J connectivity index is 1.53. The Hall–Kier alpha value is -1.58. The van der Waals surface area contributed by atoms with E-state index in [9.17, 15) is 0 Å². The van der Waals surface area contributed by atoms with Crippen LogP contribution in [-0.2, 0) is 12.8 Å². The molecule has 2 nitrogen and oxygen atoms in total. The molecule has 0 saturated carbocycles. The van der Waals surface area contributed by atoms with Crippen LogP contribution in [0.4, 0.5) is 0 Å². The van der Waals surface area contributed by atoms with E-state index in [1.54, 1.807) is 0 Å². The van der Waals surface area contributed by atoms with E-state index in [0.717, 1.165) is 13.0 Å². The molecule has 108 valence electrons. The van der Waals surface area contributed by atoms with Gasteiger partial charge in [0, 0.05) is 34.1 Å². The van der Waals surface area contributed by atoms with Crippen LogP contribution >= 0.6 is 11.3 Å². The van der Waals surface area contributed by atoms with Gasteiger partial charge in [-0.1, -0.05) is 24.3 Å². The number of hydrogen-bond acceptors (Lipinski definition) is 2. The van der Waals surface area contributed by atoms with Crippen LogP contribution in [0.2, 0.25) is 0 Å². The summed E-state index contributed by atoms with van der Waals surface area (Å²) in [6.07, 6.45) is 4.86. The van der Waals surface area contributed by atoms with Gasteiger partial charge >= 0.3 is 0 Å². The molecule has 0 amide bonds. The minimum absolute atomic E-state index is 0.487. The Morgan fingerprint density at radius 2 is 2.14 bits per heavy atom. The second-order valence-corrected chi connectivity index (χ2v) is 6.82. The average molecular weight is 296 g/mol. The van der Waals surface area contributed by atoms with Crippen molar-refractivity contribution in [2.75, 3.05) is 6.54 Å². The summed E-state index contributed by atoms with van der Waals surface area (Å²) in [6, 6.07) is 13.5. The highest BCUT2D eigenvalue weighted by Crippen LogP contribution is 2.34. The second-order valence-electron chi connectivity index (χ2n) is 5.79. The minimum atomic E-state index is 0.487. The van der Waals surface area contributed by atoms with Crippen molar-refractivity contribution in [2.45, 2.75) is 31.7 Å². The number of rotatable bonds is 4. The summed E-state index contributed by atoms with van der Waals surface area (Å²) in [5.41, 5.74) is 4.24. The van der Waals surface area contributed by atoms with Crippen molar-refractivity contribution >= 4 is 22.2 Å². The molecule has 0 spiro atoms. The van der Waals surface area contributed by atoms with Gasteiger partial charge in [0.15, 0.2) is 0 Å². The largest absolute Gasteiger partial charge is 0.357 e. The molecule has 1 aliphatic rings. The number of benzene rings is 1. The van der Waals surface area contributed by atoms with Crippen molar-refractivity contribution in [3.05, 3.63) is 57.9 Å². The zero-order chi connectivity index (χ0) is 14.1. The van der Waals surface area contributed by atoms with Crippen LogP contribution in [-0.4, -0.2) is 11.5 Å². The Morgan fingerprint density at radius 3 is 3.05 bits per heavy atom. The normalized spacial score (nSPS) is 18.0. The fraction of sp³-hybridized carbons (Fsp3) is 0.333. The Labute approximate surface area is 129 Å². The van der Waals surface area contributed by atoms with E-state index in [1.807, 2.05) is 11.3 Å². The van der Waals surface area contributed by atoms with Gasteiger partial charge in [0.1, 0.15) is 0 Å². The minimum Gasteiger partial charge on any atom is -0.357 e. The first-order valence-corrected chi connectivity index (χ1v) is 8.65. The van der Waals surface area contributed by atoms with Crippen LogP contribution in [0, 0.1) is 0 Å². The molecule has 4 rings (SSSR count). The molecule has 0 saturated heterocycles. The zero-order valence-corrected chi connectivity index (χ0v) is 12.9. The van der Waals surface area contributed by atoms with Crippen molar-refractivity contribution in [3.8, 4) is 0 Å². The van der Waals surface area contributed by atoms with Gasteiger partial charge in [-0.3, -0.25) is 0 Å². The van der Waals surface area contributed by atoms with E-state index < -0.39 is 0 Å². The van der Waals surface area contributed by atoms with Crippen molar-refractivity contribution in [2.24, 2.45) is 0 Å². The summed E-state index contributed by atoms with van der Waals surface area (Å²) in [5, 5.41) is 7.33. The maximum absolute atomic E-state index is 3.75. The highest BCUT2D eigenvalue weighted by atomic mass is 32.1. The Morgan fingerprint density at radius 1 is 1.19 bits per heavy atom. The smallest absolute Gasteiger partial charge is 0.0476 e. The van der Waals surface area contributed by atoms with E-state index in [-0.39, 0.29) is 0 Å². The molecule has 1 atom stereocenters. The first-order valence-electron chi connectivity index (χ1n) is 7.77. The van der Waals surface area contributed by atoms with Crippen LogP contribution in [0.25, 0.3) is 10.9 Å². The fourth-order valence-electron chi connectivity index (χ4n) is 3.44. The maximum atomic E-state index is 3.75. The topological polar surface area (TPSA) is 27.8 Å². The number of aromatic nitrogens is 1. The summed E-state index contributed by atoms with van der Waals surface area (Å²) in [4.78, 5) is 5.12. The molecule has 1 unspecified atom stereocenters. The van der Waals surface area contributed by atoms with Crippen LogP contribution < -0.4 is 5.32 Å². The number of aryl methyl sites for hydroxylation is 1. The molecule has 2 aromatic heterocycles. The molecule has 1 aromatic carbocycles. The Bertz CT molecular complexity index is 727. The lowest BCUT2D eigenvalue weighted by Gasteiger charge is -2.23. The number of nitrogens with one attached hydrogen (secondary N) is 2. The lowest BCUT2D eigenvalue weighted by Crippen LogP contribution is -2.27. The second kappa shape index (κ2) is 5.66. The molecular weight excluding hydrogens is 276 g/mol. The van der Waals surface area contributed by atoms with E-state index >= 15 is 0 Å². The molecule has 3 heteroatoms. The van der Waals surface area contributed by atoms with Gasteiger partial charge in [-0.2, -0.15) is 0 Å². The molecule has 2 heterocycles. The van der Waals surface area contributed by atoms with Crippen molar-refractivity contribution < 1.29 is 0 Å². The van der Waals surface area contributed by atoms with Gasteiger partial charge in [-0.05, 0) is 48.8 Å². The number of hydrogen-bond donors (Lipinski definition) is 2. The number of para-hydroxylation sites is 1. The summed E-state index contributed by atoms with van der Waals surface area (Å²) in [6.45, 7) is 1.06. The summed E-state index contributed by atoms with van der Waals surface area (Å²) < 4.78 is 0. The molecule has 3 aromatic rings. The number of H-pyrrole nitrogens is 1. The van der Waals surface area contributed by atoms with Gasteiger partial charge < -0.3 is 10.3 Å². The van der Waals surface area contributed by atoms with Crippen molar-refractivity contribution in [3.63, 3.8) is 0 Å².